The van der Waals surface area contributed by atoms with E-state index in [9.17, 15) is 4.79 Å². The first-order valence-electron chi connectivity index (χ1n) is 16.1. The van der Waals surface area contributed by atoms with Crippen LogP contribution in [0.15, 0.2) is 48.5 Å². The third-order valence-electron chi connectivity index (χ3n) is 7.23. The normalized spacial score (nSPS) is 11.4. The number of ether oxygens (including phenoxy) is 3. The minimum absolute atomic E-state index is 0.372. The number of esters is 1. The monoisotopic (exact) mass is 568 g/mol. The van der Waals surface area contributed by atoms with E-state index in [-0.39, 0.29) is 5.97 Å². The molecule has 5 heteroatoms. The number of hydrogen-bond acceptors (Lipinski definition) is 4. The van der Waals surface area contributed by atoms with Crippen molar-refractivity contribution in [1.82, 2.24) is 0 Å². The van der Waals surface area contributed by atoms with Crippen molar-refractivity contribution in [3.63, 3.8) is 0 Å². The number of unbranched alkanes of at least 4 members (excludes halogenated alkanes) is 13. The topological polar surface area (TPSA) is 44.8 Å². The highest BCUT2D eigenvalue weighted by atomic mass is 28.3. The van der Waals surface area contributed by atoms with E-state index in [1.807, 2.05) is 24.3 Å². The highest BCUT2D eigenvalue weighted by Crippen LogP contribution is 2.21. The molecule has 224 valence electrons. The fraction of sp³-hybridized carbons (Fsp3) is 0.629. The molecule has 0 atom stereocenters. The van der Waals surface area contributed by atoms with Crippen LogP contribution < -0.4 is 14.2 Å². The van der Waals surface area contributed by atoms with Crippen molar-refractivity contribution >= 4 is 14.0 Å². The summed E-state index contributed by atoms with van der Waals surface area (Å²) in [4.78, 5) is 12.5. The summed E-state index contributed by atoms with van der Waals surface area (Å²) in [7, 11) is -0.843. The van der Waals surface area contributed by atoms with Crippen LogP contribution in [-0.4, -0.2) is 27.3 Å². The molecule has 40 heavy (non-hydrogen) atoms. The molecule has 0 aliphatic rings. The van der Waals surface area contributed by atoms with E-state index in [2.05, 4.69) is 26.6 Å². The largest absolute Gasteiger partial charge is 0.494 e. The van der Waals surface area contributed by atoms with Crippen LogP contribution in [0.25, 0.3) is 0 Å². The average Bonchev–Trinajstić information content (AvgIpc) is 2.93. The Balaban J connectivity index is 1.52. The summed E-state index contributed by atoms with van der Waals surface area (Å²) in [5.74, 6) is 1.74. The number of carbonyl (C=O) groups excluding carboxylic acids is 1. The Morgan fingerprint density at radius 2 is 0.950 bits per heavy atom. The maximum Gasteiger partial charge on any atom is 0.343 e. The highest BCUT2D eigenvalue weighted by Gasteiger charge is 2.11. The Kier molecular flexibility index (Phi) is 17.5. The van der Waals surface area contributed by atoms with Crippen LogP contribution in [0.1, 0.15) is 114 Å². The van der Waals surface area contributed by atoms with Gasteiger partial charge in [-0.15, -0.1) is 0 Å². The van der Waals surface area contributed by atoms with Crippen molar-refractivity contribution in [2.75, 3.05) is 13.2 Å². The molecule has 0 saturated carbocycles. The second kappa shape index (κ2) is 20.6. The van der Waals surface area contributed by atoms with Gasteiger partial charge in [-0.2, -0.15) is 0 Å². The lowest BCUT2D eigenvalue weighted by Gasteiger charge is -2.14. The second-order valence-corrected chi connectivity index (χ2v) is 18.0. The van der Waals surface area contributed by atoms with Gasteiger partial charge in [0.2, 0.25) is 0 Å². The fourth-order valence-corrected chi connectivity index (χ4v) is 6.03. The van der Waals surface area contributed by atoms with E-state index in [0.717, 1.165) is 30.9 Å². The first-order valence-corrected chi connectivity index (χ1v) is 19.8. The molecule has 2 rings (SSSR count). The lowest BCUT2D eigenvalue weighted by atomic mass is 10.1. The predicted molar refractivity (Wildman–Crippen MR) is 172 cm³/mol. The zero-order valence-electron chi connectivity index (χ0n) is 26.0. The zero-order valence-corrected chi connectivity index (χ0v) is 27.0. The first-order chi connectivity index (χ1) is 19.4. The molecule has 2 aromatic carbocycles. The molecular formula is C35H56O4Si. The Hall–Kier alpha value is -2.27. The third kappa shape index (κ3) is 16.7. The first kappa shape index (κ1) is 33.9. The van der Waals surface area contributed by atoms with E-state index >= 15 is 0 Å². The molecular weight excluding hydrogens is 512 g/mol. The average molecular weight is 569 g/mol. The van der Waals surface area contributed by atoms with Crippen molar-refractivity contribution in [3.8, 4) is 17.2 Å². The molecule has 0 fully saturated rings. The van der Waals surface area contributed by atoms with Gasteiger partial charge in [0.1, 0.15) is 17.2 Å². The summed E-state index contributed by atoms with van der Waals surface area (Å²) in [6.07, 6.45) is 19.3. The Bertz CT molecular complexity index is 902. The smallest absolute Gasteiger partial charge is 0.343 e. The molecule has 0 aliphatic carbocycles. The van der Waals surface area contributed by atoms with E-state index in [1.54, 1.807) is 24.3 Å². The lowest BCUT2D eigenvalue weighted by Crippen LogP contribution is -2.18. The summed E-state index contributed by atoms with van der Waals surface area (Å²) in [5.41, 5.74) is 0.509. The SMILES string of the molecule is CCCCCCCCOc1ccc(C(=O)Oc2ccc(OCCCCCCCCCCC[Si](C)(C)C)cc2)cc1. The molecule has 0 N–H and O–H groups in total. The molecule has 0 saturated heterocycles. The number of hydrogen-bond donors (Lipinski definition) is 0. The molecule has 2 aromatic rings. The lowest BCUT2D eigenvalue weighted by molar-refractivity contribution is 0.0734. The fourth-order valence-electron chi connectivity index (χ4n) is 4.71. The van der Waals surface area contributed by atoms with Crippen LogP contribution in [0.5, 0.6) is 17.2 Å². The maximum absolute atomic E-state index is 12.5. The summed E-state index contributed by atoms with van der Waals surface area (Å²) in [6.45, 7) is 11.1. The van der Waals surface area contributed by atoms with Crippen molar-refractivity contribution in [1.29, 1.82) is 0 Å². The molecule has 0 amide bonds. The van der Waals surface area contributed by atoms with Crippen LogP contribution in [0.4, 0.5) is 0 Å². The van der Waals surface area contributed by atoms with E-state index in [4.69, 9.17) is 14.2 Å². The van der Waals surface area contributed by atoms with Crippen LogP contribution >= 0.6 is 0 Å². The molecule has 0 heterocycles. The van der Waals surface area contributed by atoms with Gasteiger partial charge >= 0.3 is 5.97 Å². The van der Waals surface area contributed by atoms with Gasteiger partial charge in [0.05, 0.1) is 18.8 Å². The van der Waals surface area contributed by atoms with Crippen LogP contribution in [0.2, 0.25) is 25.7 Å². The second-order valence-electron chi connectivity index (χ2n) is 12.3. The highest BCUT2D eigenvalue weighted by molar-refractivity contribution is 6.76. The standard InChI is InChI=1S/C35H56O4Si/c1-5-6-7-8-14-17-28-37-32-22-20-31(21-23-32)35(36)39-34-26-24-33(25-27-34)38-29-18-15-12-10-9-11-13-16-19-30-40(2,3)4/h20-27H,5-19,28-30H2,1-4H3. The Morgan fingerprint density at radius 1 is 0.550 bits per heavy atom. The number of benzene rings is 2. The van der Waals surface area contributed by atoms with E-state index in [0.29, 0.717) is 17.9 Å². The molecule has 0 aromatic heterocycles. The predicted octanol–water partition coefficient (Wildman–Crippen LogP) is 10.9. The summed E-state index contributed by atoms with van der Waals surface area (Å²) < 4.78 is 17.2. The number of carbonyl (C=O) groups is 1. The zero-order chi connectivity index (χ0) is 28.9. The van der Waals surface area contributed by atoms with Crippen molar-refractivity contribution < 1.29 is 19.0 Å². The van der Waals surface area contributed by atoms with Crippen molar-refractivity contribution in [2.24, 2.45) is 0 Å². The van der Waals surface area contributed by atoms with Gasteiger partial charge in [0, 0.05) is 8.07 Å². The maximum atomic E-state index is 12.5. The summed E-state index contributed by atoms with van der Waals surface area (Å²) in [6, 6.07) is 16.0. The Labute approximate surface area is 246 Å². The number of rotatable bonds is 23. The van der Waals surface area contributed by atoms with Crippen LogP contribution in [0.3, 0.4) is 0 Å². The van der Waals surface area contributed by atoms with Crippen LogP contribution in [-0.2, 0) is 0 Å². The van der Waals surface area contributed by atoms with Gasteiger partial charge < -0.3 is 14.2 Å². The van der Waals surface area contributed by atoms with Gasteiger partial charge in [-0.3, -0.25) is 0 Å². The molecule has 0 aliphatic heterocycles. The van der Waals surface area contributed by atoms with Gasteiger partial charge in [-0.05, 0) is 61.4 Å². The molecule has 0 bridgehead atoms. The third-order valence-corrected chi connectivity index (χ3v) is 9.08. The summed E-state index contributed by atoms with van der Waals surface area (Å²) in [5, 5.41) is 0. The quantitative estimate of drug-likeness (QED) is 0.0579. The summed E-state index contributed by atoms with van der Waals surface area (Å²) >= 11 is 0. The van der Waals surface area contributed by atoms with Crippen LogP contribution in [0, 0.1) is 0 Å². The van der Waals surface area contributed by atoms with E-state index in [1.165, 1.54) is 89.5 Å². The minimum atomic E-state index is -0.843. The van der Waals surface area contributed by atoms with Gasteiger partial charge in [-0.25, -0.2) is 4.79 Å². The van der Waals surface area contributed by atoms with Gasteiger partial charge in [-0.1, -0.05) is 116 Å². The Morgan fingerprint density at radius 3 is 1.43 bits per heavy atom. The minimum Gasteiger partial charge on any atom is -0.494 e. The van der Waals surface area contributed by atoms with Gasteiger partial charge in [0.15, 0.2) is 0 Å². The van der Waals surface area contributed by atoms with Gasteiger partial charge in [0.25, 0.3) is 0 Å². The molecule has 0 radical (unpaired) electrons. The van der Waals surface area contributed by atoms with E-state index < -0.39 is 8.07 Å². The molecule has 0 unspecified atom stereocenters. The van der Waals surface area contributed by atoms with Crippen molar-refractivity contribution in [2.45, 2.75) is 129 Å². The van der Waals surface area contributed by atoms with Crippen molar-refractivity contribution in [3.05, 3.63) is 54.1 Å². The molecule has 4 nitrogen and oxygen atoms in total. The molecule has 0 spiro atoms.